The zero-order valence-corrected chi connectivity index (χ0v) is 15.6. The zero-order chi connectivity index (χ0) is 19.1. The number of hydrogen-bond donors (Lipinski definition) is 2. The molecule has 9 heteroatoms. The van der Waals surface area contributed by atoms with E-state index < -0.39 is 23.1 Å². The quantitative estimate of drug-likeness (QED) is 0.758. The topological polar surface area (TPSA) is 91.0 Å². The second kappa shape index (κ2) is 6.53. The van der Waals surface area contributed by atoms with Crippen LogP contribution in [-0.2, 0) is 10.3 Å². The van der Waals surface area contributed by atoms with Crippen LogP contribution >= 0.6 is 11.8 Å². The lowest BCUT2D eigenvalue weighted by Crippen LogP contribution is -2.35. The summed E-state index contributed by atoms with van der Waals surface area (Å²) in [6, 6.07) is 3.66. The second-order valence-corrected chi connectivity index (χ2v) is 8.53. The second-order valence-electron chi connectivity index (χ2n) is 7.44. The van der Waals surface area contributed by atoms with Crippen molar-refractivity contribution < 1.29 is 24.1 Å². The normalized spacial score (nSPS) is 24.8. The number of carbonyl (C=O) groups is 1. The maximum atomic E-state index is 14.4. The first-order valence-electron chi connectivity index (χ1n) is 8.29. The number of nitrogens with one attached hydrogen (secondary N) is 1. The van der Waals surface area contributed by atoms with Crippen LogP contribution in [0.15, 0.2) is 23.2 Å². The monoisotopic (exact) mass is 382 g/mol. The molecule has 1 aliphatic carbocycles. The Labute approximate surface area is 154 Å². The van der Waals surface area contributed by atoms with E-state index in [1.807, 2.05) is 0 Å². The van der Waals surface area contributed by atoms with Crippen LogP contribution < -0.4 is 5.32 Å². The Morgan fingerprint density at radius 3 is 2.88 bits per heavy atom. The van der Waals surface area contributed by atoms with Crippen molar-refractivity contribution in [3.63, 3.8) is 0 Å². The molecule has 26 heavy (non-hydrogen) atoms. The van der Waals surface area contributed by atoms with Gasteiger partial charge in [-0.05, 0) is 45.6 Å². The lowest BCUT2D eigenvalue weighted by atomic mass is 10.0. The molecule has 3 rings (SSSR count). The first-order valence-corrected chi connectivity index (χ1v) is 9.28. The fourth-order valence-electron chi connectivity index (χ4n) is 3.11. The van der Waals surface area contributed by atoms with Crippen molar-refractivity contribution in [1.29, 1.82) is 0 Å². The van der Waals surface area contributed by atoms with Crippen molar-refractivity contribution in [3.05, 3.63) is 34.5 Å². The number of amides is 1. The Morgan fingerprint density at radius 2 is 2.23 bits per heavy atom. The summed E-state index contributed by atoms with van der Waals surface area (Å²) >= 11 is 1.38. The van der Waals surface area contributed by atoms with Gasteiger partial charge in [-0.25, -0.2) is 14.4 Å². The summed E-state index contributed by atoms with van der Waals surface area (Å²) in [5.74, 6) is 0.359. The van der Waals surface area contributed by atoms with Gasteiger partial charge in [0.1, 0.15) is 11.4 Å². The number of alkyl carbamates (subject to hydrolysis) is 1. The standard InChI is InChI=1S/C17H20FN3O4S/c1-16(2,3)25-15(22)19-14-20-17(9-10(17)6-7-26-14)12-8-11(21(23)24)4-5-13(12)18/h4-5,8,10H,6-7,9H2,1-3H3,(H-,19,20,22,23,24)/p+1/t10-,17+/m1/s1. The van der Waals surface area contributed by atoms with Crippen LogP contribution in [0.3, 0.4) is 0 Å². The highest BCUT2D eigenvalue weighted by Gasteiger charge is 2.58. The van der Waals surface area contributed by atoms with Crippen molar-refractivity contribution in [1.82, 2.24) is 5.32 Å². The molecule has 2 aliphatic rings. The molecule has 1 heterocycles. The fraction of sp³-hybridized carbons (Fsp3) is 0.529. The van der Waals surface area contributed by atoms with Gasteiger partial charge >= 0.3 is 11.8 Å². The van der Waals surface area contributed by atoms with E-state index in [-0.39, 0.29) is 22.1 Å². The van der Waals surface area contributed by atoms with Gasteiger partial charge < -0.3 is 4.74 Å². The minimum absolute atomic E-state index is 0.0600. The third-order valence-electron chi connectivity index (χ3n) is 4.32. The molecule has 0 aromatic heterocycles. The smallest absolute Gasteiger partial charge is 0.413 e. The minimum Gasteiger partial charge on any atom is -0.444 e. The van der Waals surface area contributed by atoms with Gasteiger partial charge in [-0.1, -0.05) is 11.8 Å². The van der Waals surface area contributed by atoms with Gasteiger partial charge in [-0.15, -0.1) is 0 Å². The molecule has 0 spiro atoms. The molecule has 1 amide bonds. The molecule has 0 bridgehead atoms. The van der Waals surface area contributed by atoms with Crippen LogP contribution in [0.5, 0.6) is 0 Å². The van der Waals surface area contributed by atoms with Crippen molar-refractivity contribution in [2.45, 2.75) is 44.8 Å². The maximum Gasteiger partial charge on any atom is 0.413 e. The number of hydrogen-bond acceptors (Lipinski definition) is 5. The minimum atomic E-state index is -0.829. The number of benzene rings is 1. The van der Waals surface area contributed by atoms with E-state index in [1.54, 1.807) is 20.8 Å². The van der Waals surface area contributed by atoms with Gasteiger partial charge in [0.25, 0.3) is 4.92 Å². The Balaban J connectivity index is 1.90. The predicted octanol–water partition coefficient (Wildman–Crippen LogP) is 3.86. The number of rotatable bonds is 2. The molecule has 0 unspecified atom stereocenters. The van der Waals surface area contributed by atoms with Gasteiger partial charge in [0, 0.05) is 23.4 Å². The van der Waals surface area contributed by atoms with Crippen LogP contribution in [0.1, 0.15) is 39.2 Å². The lowest BCUT2D eigenvalue weighted by Gasteiger charge is -2.20. The number of fused-ring (bicyclic) bond motifs is 1. The summed E-state index contributed by atoms with van der Waals surface area (Å²) in [7, 11) is 0. The van der Waals surface area contributed by atoms with E-state index in [0.29, 0.717) is 11.6 Å². The summed E-state index contributed by atoms with van der Waals surface area (Å²) in [6.45, 7) is 5.28. The Hall–Kier alpha value is -2.16. The van der Waals surface area contributed by atoms with Crippen molar-refractivity contribution in [3.8, 4) is 0 Å². The van der Waals surface area contributed by atoms with Gasteiger partial charge in [-0.2, -0.15) is 0 Å². The molecule has 1 aromatic carbocycles. The van der Waals surface area contributed by atoms with E-state index >= 15 is 0 Å². The Kier molecular flexibility index (Phi) is 4.68. The lowest BCUT2D eigenvalue weighted by molar-refractivity contribution is -0.729. The molecule has 2 atom stereocenters. The fourth-order valence-corrected chi connectivity index (χ4v) is 4.09. The molecule has 2 N–H and O–H groups in total. The van der Waals surface area contributed by atoms with Gasteiger partial charge in [0.05, 0.1) is 10.4 Å². The molecule has 1 saturated carbocycles. The van der Waals surface area contributed by atoms with Gasteiger partial charge in [0.2, 0.25) is 0 Å². The molecule has 0 radical (unpaired) electrons. The summed E-state index contributed by atoms with van der Waals surface area (Å²) in [5, 5.41) is 12.1. The van der Waals surface area contributed by atoms with Crippen LogP contribution in [0.4, 0.5) is 14.9 Å². The molecular formula is C17H21FN3O4S+. The van der Waals surface area contributed by atoms with Crippen LogP contribution in [0, 0.1) is 16.6 Å². The summed E-state index contributed by atoms with van der Waals surface area (Å²) < 4.78 is 19.7. The SMILES string of the molecule is CC(C)(C)OC(=O)NC1=N[C@@]2(c3cc([N+](=O)O)ccc3F)C[C@H]2CCS1. The Bertz CT molecular complexity index is 793. The highest BCUT2D eigenvalue weighted by atomic mass is 32.2. The third-order valence-corrected chi connectivity index (χ3v) is 5.23. The van der Waals surface area contributed by atoms with E-state index in [2.05, 4.69) is 10.3 Å². The number of amidine groups is 1. The summed E-state index contributed by atoms with van der Waals surface area (Å²) in [6.07, 6.45) is 0.809. The third kappa shape index (κ3) is 3.82. The van der Waals surface area contributed by atoms with Crippen LogP contribution in [0.25, 0.3) is 0 Å². The molecule has 140 valence electrons. The molecular weight excluding hydrogens is 361 g/mol. The van der Waals surface area contributed by atoms with Gasteiger partial charge in [-0.3, -0.25) is 10.3 Å². The van der Waals surface area contributed by atoms with Crippen molar-refractivity contribution >= 4 is 28.7 Å². The summed E-state index contributed by atoms with van der Waals surface area (Å²) in [5.41, 5.74) is -1.28. The van der Waals surface area contributed by atoms with Gasteiger partial charge in [0.15, 0.2) is 5.17 Å². The van der Waals surface area contributed by atoms with E-state index in [4.69, 9.17) is 9.94 Å². The number of thioether (sulfide) groups is 1. The number of nitrogens with zero attached hydrogens (tertiary/aromatic N) is 2. The average molecular weight is 382 g/mol. The molecule has 7 nitrogen and oxygen atoms in total. The predicted molar refractivity (Wildman–Crippen MR) is 95.1 cm³/mol. The molecule has 0 saturated heterocycles. The highest BCUT2D eigenvalue weighted by molar-refractivity contribution is 8.13. The average Bonchev–Trinajstić information content (AvgIpc) is 3.19. The zero-order valence-electron chi connectivity index (χ0n) is 14.8. The molecule has 1 aliphatic heterocycles. The summed E-state index contributed by atoms with van der Waals surface area (Å²) in [4.78, 5) is 27.5. The molecule has 1 aromatic rings. The molecule has 1 fully saturated rings. The first-order chi connectivity index (χ1) is 12.1. The number of carbonyl (C=O) groups excluding carboxylic acids is 1. The van der Waals surface area contributed by atoms with E-state index in [0.717, 1.165) is 18.2 Å². The van der Waals surface area contributed by atoms with Crippen LogP contribution in [-0.4, -0.2) is 32.7 Å². The Morgan fingerprint density at radius 1 is 1.50 bits per heavy atom. The number of aliphatic imine (C=N–C) groups is 1. The van der Waals surface area contributed by atoms with E-state index in [1.165, 1.54) is 23.9 Å². The number of ether oxygens (including phenoxy) is 1. The number of halogens is 1. The maximum absolute atomic E-state index is 14.4. The van der Waals surface area contributed by atoms with Crippen molar-refractivity contribution in [2.24, 2.45) is 10.9 Å². The largest absolute Gasteiger partial charge is 0.444 e. The van der Waals surface area contributed by atoms with E-state index in [9.17, 15) is 14.1 Å². The van der Waals surface area contributed by atoms with Crippen LogP contribution in [0.2, 0.25) is 0 Å². The first kappa shape index (κ1) is 18.6. The highest BCUT2D eigenvalue weighted by Crippen LogP contribution is 2.59. The van der Waals surface area contributed by atoms with Crippen molar-refractivity contribution in [2.75, 3.05) is 5.75 Å².